The highest BCUT2D eigenvalue weighted by molar-refractivity contribution is 14.0. The Morgan fingerprint density at radius 3 is 2.40 bits per heavy atom. The van der Waals surface area contributed by atoms with E-state index in [1.54, 1.807) is 0 Å². The van der Waals surface area contributed by atoms with E-state index in [9.17, 15) is 0 Å². The smallest absolute Gasteiger partial charge is 0.191 e. The molecule has 0 amide bonds. The Morgan fingerprint density at radius 1 is 1.17 bits per heavy atom. The molecule has 0 spiro atoms. The molecule has 1 saturated carbocycles. The Balaban J connectivity index is 0.00000320. The van der Waals surface area contributed by atoms with Gasteiger partial charge in [-0.15, -0.1) is 24.0 Å². The molecule has 7 heteroatoms. The molecule has 1 heterocycles. The minimum Gasteiger partial charge on any atom is -0.355 e. The molecule has 30 heavy (non-hydrogen) atoms. The van der Waals surface area contributed by atoms with E-state index < -0.39 is 0 Å². The maximum atomic E-state index is 4.50. The largest absolute Gasteiger partial charge is 0.355 e. The molecule has 1 aromatic heterocycles. The summed E-state index contributed by atoms with van der Waals surface area (Å²) in [5, 5.41) is 15.5. The number of hydrogen-bond donors (Lipinski definition) is 3. The van der Waals surface area contributed by atoms with Gasteiger partial charge in [0.15, 0.2) is 5.96 Å². The van der Waals surface area contributed by atoms with Gasteiger partial charge in [0.1, 0.15) is 0 Å². The van der Waals surface area contributed by atoms with Gasteiger partial charge in [0.2, 0.25) is 0 Å². The van der Waals surface area contributed by atoms with Crippen molar-refractivity contribution >= 4 is 29.9 Å². The summed E-state index contributed by atoms with van der Waals surface area (Å²) in [5.74, 6) is 0.841. The molecule has 3 N–H and O–H groups in total. The average molecular weight is 524 g/mol. The lowest BCUT2D eigenvalue weighted by Crippen LogP contribution is -2.54. The molecule has 6 nitrogen and oxygen atoms in total. The van der Waals surface area contributed by atoms with Crippen molar-refractivity contribution in [3.8, 4) is 0 Å². The van der Waals surface area contributed by atoms with Crippen LogP contribution in [-0.4, -0.2) is 34.9 Å². The van der Waals surface area contributed by atoms with Gasteiger partial charge in [0, 0.05) is 50.0 Å². The minimum atomic E-state index is 0. The lowest BCUT2D eigenvalue weighted by atomic mass is 9.94. The Morgan fingerprint density at radius 2 is 1.83 bits per heavy atom. The molecule has 1 aliphatic rings. The van der Waals surface area contributed by atoms with Crippen LogP contribution in [0.5, 0.6) is 0 Å². The van der Waals surface area contributed by atoms with Gasteiger partial charge in [-0.3, -0.25) is 9.67 Å². The molecule has 3 rings (SSSR count). The maximum Gasteiger partial charge on any atom is 0.191 e. The summed E-state index contributed by atoms with van der Waals surface area (Å²) >= 11 is 0. The van der Waals surface area contributed by atoms with Gasteiger partial charge in [-0.1, -0.05) is 43.2 Å². The van der Waals surface area contributed by atoms with E-state index in [1.807, 2.05) is 18.8 Å². The standard InChI is InChI=1S/C23H36N6.HI/c1-17(20-11-7-6-8-12-20)27-23(13-9-10-14-23)16-26-22(24-4)25-15-21-18(2)28-29(5)19(21)3;/h6-8,11-12,17,27H,9-10,13-16H2,1-5H3,(H2,24,25,26);1H. The predicted molar refractivity (Wildman–Crippen MR) is 135 cm³/mol. The molecule has 0 saturated heterocycles. The molecule has 2 aromatic rings. The van der Waals surface area contributed by atoms with Crippen LogP contribution in [-0.2, 0) is 13.6 Å². The number of aromatic nitrogens is 2. The van der Waals surface area contributed by atoms with Gasteiger partial charge in [0.25, 0.3) is 0 Å². The highest BCUT2D eigenvalue weighted by Crippen LogP contribution is 2.31. The zero-order chi connectivity index (χ0) is 20.9. The summed E-state index contributed by atoms with van der Waals surface area (Å²) in [7, 11) is 3.82. The normalized spacial score (nSPS) is 16.8. The molecule has 1 aromatic carbocycles. The highest BCUT2D eigenvalue weighted by Gasteiger charge is 2.35. The van der Waals surface area contributed by atoms with E-state index in [1.165, 1.54) is 42.5 Å². The number of aliphatic imine (C=N–C) groups is 1. The van der Waals surface area contributed by atoms with E-state index in [2.05, 4.69) is 77.1 Å². The lowest BCUT2D eigenvalue weighted by Gasteiger charge is -2.35. The first-order valence-corrected chi connectivity index (χ1v) is 10.7. The van der Waals surface area contributed by atoms with Crippen molar-refractivity contribution in [1.29, 1.82) is 0 Å². The summed E-state index contributed by atoms with van der Waals surface area (Å²) in [4.78, 5) is 4.44. The summed E-state index contributed by atoms with van der Waals surface area (Å²) in [6, 6.07) is 11.0. The lowest BCUT2D eigenvalue weighted by molar-refractivity contribution is 0.297. The van der Waals surface area contributed by atoms with Crippen LogP contribution in [0.1, 0.15) is 61.2 Å². The number of halogens is 1. The van der Waals surface area contributed by atoms with Crippen LogP contribution in [0.2, 0.25) is 0 Å². The third-order valence-electron chi connectivity index (χ3n) is 6.29. The molecule has 0 radical (unpaired) electrons. The van der Waals surface area contributed by atoms with Crippen molar-refractivity contribution in [3.05, 3.63) is 52.8 Å². The quantitative estimate of drug-likeness (QED) is 0.291. The Hall–Kier alpha value is -1.61. The Bertz CT molecular complexity index is 824. The van der Waals surface area contributed by atoms with Crippen LogP contribution in [0.15, 0.2) is 35.3 Å². The van der Waals surface area contributed by atoms with Gasteiger partial charge >= 0.3 is 0 Å². The van der Waals surface area contributed by atoms with Crippen molar-refractivity contribution in [3.63, 3.8) is 0 Å². The van der Waals surface area contributed by atoms with Gasteiger partial charge in [-0.2, -0.15) is 5.10 Å². The van der Waals surface area contributed by atoms with Crippen LogP contribution in [0.3, 0.4) is 0 Å². The molecule has 166 valence electrons. The zero-order valence-electron chi connectivity index (χ0n) is 19.0. The van der Waals surface area contributed by atoms with E-state index in [0.29, 0.717) is 6.04 Å². The van der Waals surface area contributed by atoms with Gasteiger partial charge in [-0.05, 0) is 39.2 Å². The number of nitrogens with one attached hydrogen (secondary N) is 3. The third kappa shape index (κ3) is 5.97. The number of guanidine groups is 1. The second-order valence-electron chi connectivity index (χ2n) is 8.32. The number of aryl methyl sites for hydroxylation is 2. The minimum absolute atomic E-state index is 0. The van der Waals surface area contributed by atoms with Crippen molar-refractivity contribution in [2.24, 2.45) is 12.0 Å². The van der Waals surface area contributed by atoms with E-state index in [4.69, 9.17) is 0 Å². The number of hydrogen-bond acceptors (Lipinski definition) is 3. The van der Waals surface area contributed by atoms with Crippen LogP contribution in [0, 0.1) is 13.8 Å². The van der Waals surface area contributed by atoms with Crippen LogP contribution in [0.4, 0.5) is 0 Å². The first-order chi connectivity index (χ1) is 13.9. The van der Waals surface area contributed by atoms with Crippen molar-refractivity contribution in [1.82, 2.24) is 25.7 Å². The average Bonchev–Trinajstić information content (AvgIpc) is 3.28. The monoisotopic (exact) mass is 524 g/mol. The van der Waals surface area contributed by atoms with Crippen molar-refractivity contribution in [2.45, 2.75) is 64.6 Å². The third-order valence-corrected chi connectivity index (χ3v) is 6.29. The van der Waals surface area contributed by atoms with Crippen molar-refractivity contribution in [2.75, 3.05) is 13.6 Å². The van der Waals surface area contributed by atoms with Crippen LogP contribution < -0.4 is 16.0 Å². The summed E-state index contributed by atoms with van der Waals surface area (Å²) in [6.07, 6.45) is 4.93. The first kappa shape index (κ1) is 24.7. The second kappa shape index (κ2) is 11.1. The van der Waals surface area contributed by atoms with Crippen LogP contribution in [0.25, 0.3) is 0 Å². The number of benzene rings is 1. The molecule has 1 fully saturated rings. The fourth-order valence-electron chi connectivity index (χ4n) is 4.43. The number of nitrogens with zero attached hydrogens (tertiary/aromatic N) is 3. The van der Waals surface area contributed by atoms with Gasteiger partial charge in [0.05, 0.1) is 5.69 Å². The molecular weight excluding hydrogens is 487 g/mol. The molecule has 1 atom stereocenters. The van der Waals surface area contributed by atoms with Crippen molar-refractivity contribution < 1.29 is 0 Å². The molecule has 0 aliphatic heterocycles. The fourth-order valence-corrected chi connectivity index (χ4v) is 4.43. The SMILES string of the molecule is CN=C(NCc1c(C)nn(C)c1C)NCC1(NC(C)c2ccccc2)CCCC1.I. The molecule has 1 aliphatic carbocycles. The molecule has 0 bridgehead atoms. The van der Waals surface area contributed by atoms with Crippen LogP contribution >= 0.6 is 24.0 Å². The summed E-state index contributed by atoms with van der Waals surface area (Å²) < 4.78 is 1.94. The van der Waals surface area contributed by atoms with E-state index in [-0.39, 0.29) is 29.5 Å². The van der Waals surface area contributed by atoms with E-state index >= 15 is 0 Å². The zero-order valence-corrected chi connectivity index (χ0v) is 21.3. The molecular formula is C23H37IN6. The summed E-state index contributed by atoms with van der Waals surface area (Å²) in [6.45, 7) is 8.02. The summed E-state index contributed by atoms with van der Waals surface area (Å²) in [5.41, 5.74) is 4.94. The topological polar surface area (TPSA) is 66.3 Å². The number of rotatable bonds is 7. The Labute approximate surface area is 198 Å². The predicted octanol–water partition coefficient (Wildman–Crippen LogP) is 3.98. The first-order valence-electron chi connectivity index (χ1n) is 10.7. The van der Waals surface area contributed by atoms with Gasteiger partial charge in [-0.25, -0.2) is 0 Å². The fraction of sp³-hybridized carbons (Fsp3) is 0.565. The highest BCUT2D eigenvalue weighted by atomic mass is 127. The maximum absolute atomic E-state index is 4.50. The Kier molecular flexibility index (Phi) is 9.15. The molecule has 1 unspecified atom stereocenters. The van der Waals surface area contributed by atoms with E-state index in [0.717, 1.165) is 24.7 Å². The second-order valence-corrected chi connectivity index (χ2v) is 8.32. The van der Waals surface area contributed by atoms with Gasteiger partial charge < -0.3 is 16.0 Å².